The summed E-state index contributed by atoms with van der Waals surface area (Å²) in [5, 5.41) is 3.09. The van der Waals surface area contributed by atoms with Gasteiger partial charge in [0.1, 0.15) is 6.17 Å². The van der Waals surface area contributed by atoms with E-state index in [9.17, 15) is 0 Å². The molecule has 0 amide bonds. The smallest absolute Gasteiger partial charge is 0.133 e. The number of nitrogens with two attached hydrogens (primary N) is 1. The SMILES string of the molecule is NC(c1ccccc1)C1NC=CN1Cl. The summed E-state index contributed by atoms with van der Waals surface area (Å²) in [6, 6.07) is 9.76. The number of nitrogens with one attached hydrogen (secondary N) is 1. The maximum Gasteiger partial charge on any atom is 0.133 e. The molecule has 1 aliphatic heterocycles. The number of benzene rings is 1. The molecule has 1 aromatic rings. The Balaban J connectivity index is 2.13. The first-order chi connectivity index (χ1) is 6.79. The summed E-state index contributed by atoms with van der Waals surface area (Å²) < 4.78 is 1.55. The van der Waals surface area contributed by atoms with Crippen LogP contribution in [-0.2, 0) is 0 Å². The van der Waals surface area contributed by atoms with Crippen LogP contribution in [0.1, 0.15) is 11.6 Å². The van der Waals surface area contributed by atoms with Gasteiger partial charge in [-0.05, 0) is 5.56 Å². The largest absolute Gasteiger partial charge is 0.367 e. The van der Waals surface area contributed by atoms with Crippen LogP contribution in [0.3, 0.4) is 0 Å². The van der Waals surface area contributed by atoms with Crippen LogP contribution in [0.2, 0.25) is 0 Å². The summed E-state index contributed by atoms with van der Waals surface area (Å²) >= 11 is 5.93. The van der Waals surface area contributed by atoms with Crippen LogP contribution in [0.15, 0.2) is 42.7 Å². The molecule has 2 rings (SSSR count). The molecule has 0 spiro atoms. The third-order valence-corrected chi connectivity index (χ3v) is 2.60. The molecule has 1 aliphatic rings. The molecule has 1 heterocycles. The van der Waals surface area contributed by atoms with Crippen molar-refractivity contribution in [2.75, 3.05) is 0 Å². The van der Waals surface area contributed by atoms with E-state index in [1.165, 1.54) is 0 Å². The molecule has 3 N–H and O–H groups in total. The van der Waals surface area contributed by atoms with Crippen molar-refractivity contribution in [3.8, 4) is 0 Å². The van der Waals surface area contributed by atoms with E-state index >= 15 is 0 Å². The molecule has 1 aromatic carbocycles. The fourth-order valence-corrected chi connectivity index (χ4v) is 1.73. The van der Waals surface area contributed by atoms with Crippen LogP contribution < -0.4 is 11.1 Å². The molecule has 14 heavy (non-hydrogen) atoms. The van der Waals surface area contributed by atoms with Gasteiger partial charge in [0.2, 0.25) is 0 Å². The lowest BCUT2D eigenvalue weighted by atomic mass is 10.1. The van der Waals surface area contributed by atoms with Crippen LogP contribution in [0, 0.1) is 0 Å². The number of hydrogen-bond donors (Lipinski definition) is 2. The van der Waals surface area contributed by atoms with Gasteiger partial charge in [-0.15, -0.1) is 0 Å². The van der Waals surface area contributed by atoms with E-state index in [1.54, 1.807) is 16.8 Å². The second-order valence-corrected chi connectivity index (χ2v) is 3.60. The topological polar surface area (TPSA) is 41.3 Å². The summed E-state index contributed by atoms with van der Waals surface area (Å²) in [5.41, 5.74) is 7.13. The average Bonchev–Trinajstić information content (AvgIpc) is 2.65. The van der Waals surface area contributed by atoms with Crippen LogP contribution in [-0.4, -0.2) is 10.6 Å². The van der Waals surface area contributed by atoms with Gasteiger partial charge in [0.05, 0.1) is 6.04 Å². The van der Waals surface area contributed by atoms with Gasteiger partial charge < -0.3 is 11.1 Å². The molecule has 0 fully saturated rings. The van der Waals surface area contributed by atoms with Crippen LogP contribution in [0.5, 0.6) is 0 Å². The van der Waals surface area contributed by atoms with Gasteiger partial charge in [-0.25, -0.2) is 0 Å². The van der Waals surface area contributed by atoms with E-state index < -0.39 is 0 Å². The molecule has 0 aromatic heterocycles. The summed E-state index contributed by atoms with van der Waals surface area (Å²) in [6.45, 7) is 0. The van der Waals surface area contributed by atoms with Crippen LogP contribution >= 0.6 is 11.8 Å². The molecule has 0 aliphatic carbocycles. The van der Waals surface area contributed by atoms with Crippen molar-refractivity contribution in [1.82, 2.24) is 9.74 Å². The van der Waals surface area contributed by atoms with Crippen LogP contribution in [0.4, 0.5) is 0 Å². The Morgan fingerprint density at radius 1 is 1.36 bits per heavy atom. The van der Waals surface area contributed by atoms with Gasteiger partial charge in [-0.1, -0.05) is 30.3 Å². The summed E-state index contributed by atoms with van der Waals surface area (Å²) in [4.78, 5) is 0. The lowest BCUT2D eigenvalue weighted by molar-refractivity contribution is 0.360. The minimum absolute atomic E-state index is 0.0703. The van der Waals surface area contributed by atoms with Crippen molar-refractivity contribution in [2.24, 2.45) is 5.73 Å². The first kappa shape index (κ1) is 9.37. The molecular weight excluding hydrogens is 198 g/mol. The van der Waals surface area contributed by atoms with Crippen molar-refractivity contribution in [1.29, 1.82) is 0 Å². The highest BCUT2D eigenvalue weighted by Gasteiger charge is 2.25. The second kappa shape index (κ2) is 3.90. The Kier molecular flexibility index (Phi) is 2.61. The number of halogens is 1. The van der Waals surface area contributed by atoms with E-state index in [4.69, 9.17) is 17.5 Å². The van der Waals surface area contributed by atoms with Crippen molar-refractivity contribution < 1.29 is 0 Å². The summed E-state index contributed by atoms with van der Waals surface area (Å²) in [7, 11) is 0. The minimum atomic E-state index is -0.135. The standard InChI is InChI=1S/C10H12ClN3/c11-14-7-6-13-10(14)9(12)8-4-2-1-3-5-8/h1-7,9-10,13H,12H2. The molecule has 4 heteroatoms. The first-order valence-corrected chi connectivity index (χ1v) is 4.80. The molecule has 0 saturated carbocycles. The van der Waals surface area contributed by atoms with Gasteiger partial charge >= 0.3 is 0 Å². The first-order valence-electron chi connectivity index (χ1n) is 4.46. The van der Waals surface area contributed by atoms with E-state index in [-0.39, 0.29) is 12.2 Å². The maximum absolute atomic E-state index is 6.06. The Hall–Kier alpha value is -1.19. The average molecular weight is 210 g/mol. The number of hydrogen-bond acceptors (Lipinski definition) is 3. The van der Waals surface area contributed by atoms with Crippen molar-refractivity contribution >= 4 is 11.8 Å². The van der Waals surface area contributed by atoms with E-state index in [1.807, 2.05) is 30.3 Å². The lowest BCUT2D eigenvalue weighted by Crippen LogP contribution is -2.40. The van der Waals surface area contributed by atoms with Crippen molar-refractivity contribution in [2.45, 2.75) is 12.2 Å². The van der Waals surface area contributed by atoms with Gasteiger partial charge in [0, 0.05) is 24.2 Å². The zero-order chi connectivity index (χ0) is 9.97. The van der Waals surface area contributed by atoms with Gasteiger partial charge in [0.15, 0.2) is 0 Å². The van der Waals surface area contributed by atoms with E-state index in [0.29, 0.717) is 0 Å². The fraction of sp³-hybridized carbons (Fsp3) is 0.200. The Bertz CT molecular complexity index is 325. The quantitative estimate of drug-likeness (QED) is 0.727. The molecule has 0 saturated heterocycles. The normalized spacial score (nSPS) is 22.1. The molecule has 2 unspecified atom stereocenters. The molecule has 3 nitrogen and oxygen atoms in total. The maximum atomic E-state index is 6.06. The summed E-state index contributed by atoms with van der Waals surface area (Å²) in [5.74, 6) is 0. The molecule has 0 bridgehead atoms. The molecule has 74 valence electrons. The Labute approximate surface area is 88.3 Å². The number of rotatable bonds is 2. The highest BCUT2D eigenvalue weighted by atomic mass is 35.5. The third kappa shape index (κ3) is 1.69. The molecule has 0 radical (unpaired) electrons. The zero-order valence-electron chi connectivity index (χ0n) is 7.60. The zero-order valence-corrected chi connectivity index (χ0v) is 8.35. The Morgan fingerprint density at radius 2 is 2.07 bits per heavy atom. The summed E-state index contributed by atoms with van der Waals surface area (Å²) in [6.07, 6.45) is 3.48. The highest BCUT2D eigenvalue weighted by molar-refractivity contribution is 6.14. The minimum Gasteiger partial charge on any atom is -0.367 e. The third-order valence-electron chi connectivity index (χ3n) is 2.27. The monoisotopic (exact) mass is 209 g/mol. The second-order valence-electron chi connectivity index (χ2n) is 3.21. The fourth-order valence-electron chi connectivity index (χ4n) is 1.49. The molecular formula is C10H12ClN3. The predicted octanol–water partition coefficient (Wildman–Crippen LogP) is 1.54. The van der Waals surface area contributed by atoms with E-state index in [2.05, 4.69) is 5.32 Å². The van der Waals surface area contributed by atoms with Gasteiger partial charge in [-0.3, -0.25) is 4.42 Å². The predicted molar refractivity (Wildman–Crippen MR) is 57.1 cm³/mol. The van der Waals surface area contributed by atoms with Gasteiger partial charge in [-0.2, -0.15) is 0 Å². The van der Waals surface area contributed by atoms with Gasteiger partial charge in [0.25, 0.3) is 0 Å². The lowest BCUT2D eigenvalue weighted by Gasteiger charge is -2.25. The number of nitrogens with zero attached hydrogens (tertiary/aromatic N) is 1. The van der Waals surface area contributed by atoms with E-state index in [0.717, 1.165) is 5.56 Å². The van der Waals surface area contributed by atoms with Crippen molar-refractivity contribution in [3.63, 3.8) is 0 Å². The Morgan fingerprint density at radius 3 is 2.64 bits per heavy atom. The van der Waals surface area contributed by atoms with Crippen molar-refractivity contribution in [3.05, 3.63) is 48.3 Å². The molecule has 2 atom stereocenters. The highest BCUT2D eigenvalue weighted by Crippen LogP contribution is 2.21. The van der Waals surface area contributed by atoms with Crippen LogP contribution in [0.25, 0.3) is 0 Å².